The first-order valence-electron chi connectivity index (χ1n) is 14.1. The number of nitrogens with two attached hydrogens (primary N) is 1. The molecule has 222 valence electrons. The molecule has 1 aromatic heterocycles. The average Bonchev–Trinajstić information content (AvgIpc) is 3.43. The van der Waals surface area contributed by atoms with Gasteiger partial charge in [0.1, 0.15) is 17.3 Å². The van der Waals surface area contributed by atoms with E-state index in [1.807, 2.05) is 13.8 Å². The summed E-state index contributed by atoms with van der Waals surface area (Å²) in [5, 5.41) is 22.7. The van der Waals surface area contributed by atoms with Crippen molar-refractivity contribution in [3.05, 3.63) is 46.4 Å². The predicted octanol–water partition coefficient (Wildman–Crippen LogP) is 5.04. The van der Waals surface area contributed by atoms with Gasteiger partial charge in [-0.05, 0) is 42.9 Å². The number of anilines is 1. The second-order valence-electron chi connectivity index (χ2n) is 11.6. The van der Waals surface area contributed by atoms with E-state index < -0.39 is 5.92 Å². The minimum atomic E-state index is -0.722. The van der Waals surface area contributed by atoms with Crippen LogP contribution in [0.25, 0.3) is 0 Å². The number of nitrogens with one attached hydrogen (secondary N) is 1. The number of hydrogen-bond acceptors (Lipinski definition) is 11. The first-order chi connectivity index (χ1) is 20.2. The van der Waals surface area contributed by atoms with Gasteiger partial charge in [-0.3, -0.25) is 14.5 Å². The standard InChI is InChI=1S/C30H36N6O4S2/c1-30(2)13-21-26(22(37)14-30)25(19-12-18(39-3)10-11-23(19)40-4)20(15-31)27(32)36(21)28-34-35-29(42-28)41-16-24(38)33-17-8-6-5-7-9-17/h10-12,17,25H,5-9,13-14,16,32H2,1-4H3,(H,33,38). The van der Waals surface area contributed by atoms with Gasteiger partial charge >= 0.3 is 0 Å². The summed E-state index contributed by atoms with van der Waals surface area (Å²) < 4.78 is 11.7. The van der Waals surface area contributed by atoms with Crippen molar-refractivity contribution in [2.45, 2.75) is 75.1 Å². The molecule has 10 nitrogen and oxygen atoms in total. The number of nitriles is 1. The Balaban J connectivity index is 1.50. The largest absolute Gasteiger partial charge is 0.497 e. The first kappa shape index (κ1) is 29.9. The maximum absolute atomic E-state index is 13.9. The van der Waals surface area contributed by atoms with E-state index in [1.54, 1.807) is 37.3 Å². The van der Waals surface area contributed by atoms with Gasteiger partial charge in [-0.2, -0.15) is 5.26 Å². The van der Waals surface area contributed by atoms with Crippen LogP contribution in [0.1, 0.15) is 70.3 Å². The molecule has 1 fully saturated rings. The molecule has 3 N–H and O–H groups in total. The third kappa shape index (κ3) is 5.99. The van der Waals surface area contributed by atoms with Crippen LogP contribution in [0.15, 0.2) is 45.2 Å². The third-order valence-corrected chi connectivity index (χ3v) is 10.1. The predicted molar refractivity (Wildman–Crippen MR) is 162 cm³/mol. The van der Waals surface area contributed by atoms with E-state index in [2.05, 4.69) is 21.6 Å². The van der Waals surface area contributed by atoms with Crippen molar-refractivity contribution >= 4 is 39.9 Å². The van der Waals surface area contributed by atoms with Crippen molar-refractivity contribution in [1.82, 2.24) is 15.5 Å². The Morgan fingerprint density at radius 1 is 1.21 bits per heavy atom. The topological polar surface area (TPSA) is 143 Å². The summed E-state index contributed by atoms with van der Waals surface area (Å²) in [7, 11) is 3.11. The lowest BCUT2D eigenvalue weighted by Crippen LogP contribution is -2.42. The van der Waals surface area contributed by atoms with Crippen molar-refractivity contribution in [2.75, 3.05) is 24.9 Å². The number of ether oxygens (including phenoxy) is 2. The zero-order chi connectivity index (χ0) is 30.0. The molecule has 3 aliphatic rings. The van der Waals surface area contributed by atoms with E-state index in [1.165, 1.54) is 29.5 Å². The van der Waals surface area contributed by atoms with Crippen LogP contribution in [0, 0.1) is 16.7 Å². The average molecular weight is 609 g/mol. The van der Waals surface area contributed by atoms with Crippen LogP contribution in [-0.2, 0) is 9.59 Å². The zero-order valence-corrected chi connectivity index (χ0v) is 26.0. The quantitative estimate of drug-likeness (QED) is 0.391. The fourth-order valence-corrected chi connectivity index (χ4v) is 7.79. The molecule has 1 amide bonds. The van der Waals surface area contributed by atoms with E-state index in [0.717, 1.165) is 25.7 Å². The number of nitrogens with zero attached hydrogens (tertiary/aromatic N) is 4. The Kier molecular flexibility index (Phi) is 8.80. The summed E-state index contributed by atoms with van der Waals surface area (Å²) in [6, 6.07) is 7.85. The highest BCUT2D eigenvalue weighted by Crippen LogP contribution is 2.52. The fraction of sp³-hybridized carbons (Fsp3) is 0.500. The minimum Gasteiger partial charge on any atom is -0.497 e. The minimum absolute atomic E-state index is 0.0208. The van der Waals surface area contributed by atoms with E-state index in [0.29, 0.717) is 50.6 Å². The van der Waals surface area contributed by atoms with Gasteiger partial charge in [0.05, 0.1) is 37.5 Å². The number of carbonyl (C=O) groups excluding carboxylic acids is 2. The third-order valence-electron chi connectivity index (χ3n) is 8.01. The highest BCUT2D eigenvalue weighted by molar-refractivity contribution is 8.01. The van der Waals surface area contributed by atoms with Gasteiger partial charge in [-0.1, -0.05) is 56.2 Å². The normalized spacial score (nSPS) is 20.7. The van der Waals surface area contributed by atoms with Crippen LogP contribution in [0.3, 0.4) is 0 Å². The number of thioether (sulfide) groups is 1. The molecule has 0 radical (unpaired) electrons. The molecule has 0 bridgehead atoms. The lowest BCUT2D eigenvalue weighted by atomic mass is 9.68. The molecular weight excluding hydrogens is 573 g/mol. The van der Waals surface area contributed by atoms with Gasteiger partial charge in [-0.25, -0.2) is 0 Å². The lowest BCUT2D eigenvalue weighted by molar-refractivity contribution is -0.119. The number of methoxy groups -OCH3 is 2. The van der Waals surface area contributed by atoms with E-state index >= 15 is 0 Å². The second-order valence-corrected chi connectivity index (χ2v) is 13.8. The Morgan fingerprint density at radius 2 is 1.98 bits per heavy atom. The van der Waals surface area contributed by atoms with E-state index in [4.69, 9.17) is 15.2 Å². The second kappa shape index (κ2) is 12.4. The summed E-state index contributed by atoms with van der Waals surface area (Å²) in [4.78, 5) is 28.1. The van der Waals surface area contributed by atoms with Gasteiger partial charge in [0.25, 0.3) is 0 Å². The summed E-state index contributed by atoms with van der Waals surface area (Å²) in [5.41, 5.74) is 8.50. The van der Waals surface area contributed by atoms with Crippen molar-refractivity contribution in [1.29, 1.82) is 5.26 Å². The molecule has 0 saturated heterocycles. The number of amides is 1. The molecular formula is C30H36N6O4S2. The number of allylic oxidation sites excluding steroid dienone is 3. The van der Waals surface area contributed by atoms with Crippen molar-refractivity contribution in [3.63, 3.8) is 0 Å². The molecule has 1 unspecified atom stereocenters. The van der Waals surface area contributed by atoms with Gasteiger partial charge in [0.2, 0.25) is 11.0 Å². The molecule has 12 heteroatoms. The fourth-order valence-electron chi connectivity index (χ4n) is 6.10. The molecule has 1 atom stereocenters. The number of ketones is 1. The number of Topliss-reactive ketones (excluding diaryl/α,β-unsaturated/α-hetero) is 1. The SMILES string of the molecule is COc1ccc(OC)c(C2C(C#N)=C(N)N(c3nnc(SCC(=O)NC4CCCCC4)s3)C3=C2C(=O)CC(C)(C)C3)c1. The number of carbonyl (C=O) groups is 2. The van der Waals surface area contributed by atoms with Crippen LogP contribution in [0.5, 0.6) is 11.5 Å². The van der Waals surface area contributed by atoms with Crippen molar-refractivity contribution in [2.24, 2.45) is 11.1 Å². The van der Waals surface area contributed by atoms with Gasteiger partial charge < -0.3 is 20.5 Å². The summed E-state index contributed by atoms with van der Waals surface area (Å²) in [6.07, 6.45) is 6.44. The number of benzene rings is 1. The monoisotopic (exact) mass is 608 g/mol. The van der Waals surface area contributed by atoms with Crippen LogP contribution in [0.4, 0.5) is 5.13 Å². The lowest BCUT2D eigenvalue weighted by Gasteiger charge is -2.42. The van der Waals surface area contributed by atoms with E-state index in [-0.39, 0.29) is 40.3 Å². The number of hydrogen-bond donors (Lipinski definition) is 2. The van der Waals surface area contributed by atoms with Gasteiger partial charge in [0.15, 0.2) is 10.1 Å². The zero-order valence-electron chi connectivity index (χ0n) is 24.4. The van der Waals surface area contributed by atoms with Gasteiger partial charge in [0, 0.05) is 29.3 Å². The Bertz CT molecular complexity index is 1480. The molecule has 1 saturated carbocycles. The molecule has 5 rings (SSSR count). The number of rotatable bonds is 8. The van der Waals surface area contributed by atoms with Crippen LogP contribution < -0.4 is 25.4 Å². The highest BCUT2D eigenvalue weighted by Gasteiger charge is 2.46. The molecule has 1 aliphatic heterocycles. The Morgan fingerprint density at radius 3 is 2.67 bits per heavy atom. The summed E-state index contributed by atoms with van der Waals surface area (Å²) >= 11 is 2.60. The van der Waals surface area contributed by atoms with Crippen LogP contribution in [-0.4, -0.2) is 47.9 Å². The number of aromatic nitrogens is 2. The molecule has 2 aliphatic carbocycles. The maximum atomic E-state index is 13.9. The van der Waals surface area contributed by atoms with Crippen LogP contribution >= 0.6 is 23.1 Å². The smallest absolute Gasteiger partial charge is 0.230 e. The maximum Gasteiger partial charge on any atom is 0.230 e. The van der Waals surface area contributed by atoms with Gasteiger partial charge in [-0.15, -0.1) is 10.2 Å². The van der Waals surface area contributed by atoms with Crippen LogP contribution in [0.2, 0.25) is 0 Å². The molecule has 2 heterocycles. The molecule has 2 aromatic rings. The highest BCUT2D eigenvalue weighted by atomic mass is 32.2. The summed E-state index contributed by atoms with van der Waals surface area (Å²) in [5.74, 6) is 0.734. The molecule has 1 aromatic carbocycles. The molecule has 0 spiro atoms. The van der Waals surface area contributed by atoms with E-state index in [9.17, 15) is 14.9 Å². The summed E-state index contributed by atoms with van der Waals surface area (Å²) in [6.45, 7) is 4.08. The van der Waals surface area contributed by atoms with Crippen molar-refractivity contribution in [3.8, 4) is 17.6 Å². The van der Waals surface area contributed by atoms with Crippen molar-refractivity contribution < 1.29 is 19.1 Å². The molecule has 42 heavy (non-hydrogen) atoms. The Labute approximate surface area is 254 Å². The Hall–Kier alpha value is -3.56. The first-order valence-corrected chi connectivity index (χ1v) is 15.9.